The van der Waals surface area contributed by atoms with Gasteiger partial charge in [0.15, 0.2) is 0 Å². The van der Waals surface area contributed by atoms with Crippen molar-refractivity contribution in [1.82, 2.24) is 10.2 Å². The molecule has 0 bridgehead atoms. The van der Waals surface area contributed by atoms with E-state index in [1.54, 1.807) is 6.08 Å². The summed E-state index contributed by atoms with van der Waals surface area (Å²) in [6, 6.07) is -0.428. The van der Waals surface area contributed by atoms with Gasteiger partial charge in [-0.1, -0.05) is 45.1 Å². The summed E-state index contributed by atoms with van der Waals surface area (Å²) in [5, 5.41) is 20.8. The van der Waals surface area contributed by atoms with Crippen LogP contribution in [0.1, 0.15) is 71.1 Å². The van der Waals surface area contributed by atoms with Crippen LogP contribution in [0.2, 0.25) is 0 Å². The SMILES string of the molecule is CCCCCC(O)C/C=C1\C(=O)NC(=O)N1CCCCCCC(=O)O. The first kappa shape index (κ1) is 21.2. The number of carbonyl (C=O) groups excluding carboxylic acids is 2. The molecular weight excluding hydrogens is 324 g/mol. The maximum atomic E-state index is 11.9. The Labute approximate surface area is 149 Å². The number of aliphatic carboxylic acids is 1. The van der Waals surface area contributed by atoms with Crippen LogP contribution < -0.4 is 5.32 Å². The van der Waals surface area contributed by atoms with Gasteiger partial charge in [0.25, 0.3) is 5.91 Å². The summed E-state index contributed by atoms with van der Waals surface area (Å²) in [4.78, 5) is 35.6. The molecule has 3 N–H and O–H groups in total. The van der Waals surface area contributed by atoms with Crippen molar-refractivity contribution in [2.24, 2.45) is 0 Å². The van der Waals surface area contributed by atoms with Crippen LogP contribution in [0.25, 0.3) is 0 Å². The first-order valence-electron chi connectivity index (χ1n) is 9.18. The molecule has 1 atom stereocenters. The van der Waals surface area contributed by atoms with Crippen molar-refractivity contribution in [1.29, 1.82) is 0 Å². The van der Waals surface area contributed by atoms with E-state index in [1.165, 1.54) is 4.90 Å². The standard InChI is InChI=1S/C18H30N2O5/c1-2-3-6-9-14(21)11-12-15-17(24)19-18(25)20(15)13-8-5-4-7-10-16(22)23/h12,14,21H,2-11,13H2,1H3,(H,22,23)(H,19,24,25)/b15-12+. The smallest absolute Gasteiger partial charge is 0.328 e. The Bertz CT molecular complexity index is 490. The Morgan fingerprint density at radius 2 is 1.88 bits per heavy atom. The van der Waals surface area contributed by atoms with E-state index in [4.69, 9.17) is 5.11 Å². The van der Waals surface area contributed by atoms with Crippen molar-refractivity contribution in [3.05, 3.63) is 11.8 Å². The highest BCUT2D eigenvalue weighted by Crippen LogP contribution is 2.17. The molecule has 0 aromatic rings. The van der Waals surface area contributed by atoms with E-state index in [0.717, 1.165) is 32.1 Å². The van der Waals surface area contributed by atoms with Gasteiger partial charge in [0, 0.05) is 13.0 Å². The number of aliphatic hydroxyl groups excluding tert-OH is 1. The first-order valence-corrected chi connectivity index (χ1v) is 9.18. The number of carboxylic acid groups (broad SMARTS) is 1. The normalized spacial score (nSPS) is 17.2. The van der Waals surface area contributed by atoms with E-state index in [1.807, 2.05) is 0 Å². The number of hydrogen-bond donors (Lipinski definition) is 3. The number of hydrogen-bond acceptors (Lipinski definition) is 4. The zero-order chi connectivity index (χ0) is 18.7. The molecule has 0 aliphatic carbocycles. The monoisotopic (exact) mass is 354 g/mol. The Kier molecular flexibility index (Phi) is 9.84. The lowest BCUT2D eigenvalue weighted by Crippen LogP contribution is -2.28. The molecule has 7 heteroatoms. The van der Waals surface area contributed by atoms with Crippen LogP contribution in [0, 0.1) is 0 Å². The minimum absolute atomic E-state index is 0.157. The highest BCUT2D eigenvalue weighted by molar-refractivity contribution is 6.11. The predicted molar refractivity (Wildman–Crippen MR) is 93.8 cm³/mol. The summed E-state index contributed by atoms with van der Waals surface area (Å²) in [6.45, 7) is 2.52. The van der Waals surface area contributed by atoms with Gasteiger partial charge in [-0.3, -0.25) is 19.8 Å². The number of urea groups is 1. The lowest BCUT2D eigenvalue weighted by molar-refractivity contribution is -0.137. The van der Waals surface area contributed by atoms with E-state index in [2.05, 4.69) is 12.2 Å². The number of carbonyl (C=O) groups is 3. The molecule has 25 heavy (non-hydrogen) atoms. The second kappa shape index (κ2) is 11.6. The molecule has 3 amide bonds. The van der Waals surface area contributed by atoms with Gasteiger partial charge in [0.2, 0.25) is 0 Å². The number of amides is 3. The van der Waals surface area contributed by atoms with Crippen LogP contribution in [0.3, 0.4) is 0 Å². The fourth-order valence-electron chi connectivity index (χ4n) is 2.78. The van der Waals surface area contributed by atoms with E-state index in [-0.39, 0.29) is 6.42 Å². The van der Waals surface area contributed by atoms with Gasteiger partial charge in [0.1, 0.15) is 5.70 Å². The number of carboxylic acids is 1. The lowest BCUT2D eigenvalue weighted by Gasteiger charge is -2.16. The van der Waals surface area contributed by atoms with Gasteiger partial charge < -0.3 is 10.2 Å². The van der Waals surface area contributed by atoms with Gasteiger partial charge in [-0.2, -0.15) is 0 Å². The molecule has 0 spiro atoms. The van der Waals surface area contributed by atoms with Crippen molar-refractivity contribution in [2.45, 2.75) is 77.2 Å². The molecule has 1 heterocycles. The molecule has 1 saturated heterocycles. The Morgan fingerprint density at radius 3 is 2.56 bits per heavy atom. The molecular formula is C18H30N2O5. The Morgan fingerprint density at radius 1 is 1.16 bits per heavy atom. The van der Waals surface area contributed by atoms with Crippen molar-refractivity contribution < 1.29 is 24.6 Å². The van der Waals surface area contributed by atoms with Crippen LogP contribution in [0.5, 0.6) is 0 Å². The molecule has 1 aliphatic rings. The summed E-state index contributed by atoms with van der Waals surface area (Å²) in [5.74, 6) is -1.22. The maximum absolute atomic E-state index is 11.9. The zero-order valence-corrected chi connectivity index (χ0v) is 15.0. The van der Waals surface area contributed by atoms with Gasteiger partial charge in [-0.05, 0) is 25.7 Å². The molecule has 0 aromatic heterocycles. The molecule has 1 unspecified atom stereocenters. The van der Waals surface area contributed by atoms with Crippen molar-refractivity contribution >= 4 is 17.9 Å². The third-order valence-electron chi connectivity index (χ3n) is 4.24. The quantitative estimate of drug-likeness (QED) is 0.268. The maximum Gasteiger partial charge on any atom is 0.328 e. The minimum atomic E-state index is -0.799. The molecule has 0 aromatic carbocycles. The van der Waals surface area contributed by atoms with E-state index >= 15 is 0 Å². The predicted octanol–water partition coefficient (Wildman–Crippen LogP) is 2.79. The lowest BCUT2D eigenvalue weighted by atomic mass is 10.1. The van der Waals surface area contributed by atoms with Crippen LogP contribution in [-0.4, -0.2) is 45.7 Å². The number of imide groups is 1. The number of nitrogens with zero attached hydrogens (tertiary/aromatic N) is 1. The van der Waals surface area contributed by atoms with Crippen molar-refractivity contribution in [3.63, 3.8) is 0 Å². The molecule has 1 aliphatic heterocycles. The average Bonchev–Trinajstić information content (AvgIpc) is 2.82. The highest BCUT2D eigenvalue weighted by Gasteiger charge is 2.32. The first-order chi connectivity index (χ1) is 12.0. The summed E-state index contributed by atoms with van der Waals surface area (Å²) in [5.41, 5.74) is 0.310. The topological polar surface area (TPSA) is 107 Å². The number of unbranched alkanes of at least 4 members (excludes halogenated alkanes) is 5. The zero-order valence-electron chi connectivity index (χ0n) is 15.0. The van der Waals surface area contributed by atoms with Crippen molar-refractivity contribution in [2.75, 3.05) is 6.54 Å². The van der Waals surface area contributed by atoms with Gasteiger partial charge >= 0.3 is 12.0 Å². The third-order valence-corrected chi connectivity index (χ3v) is 4.24. The molecule has 7 nitrogen and oxygen atoms in total. The van der Waals surface area contributed by atoms with Gasteiger partial charge in [0.05, 0.1) is 6.10 Å². The molecule has 1 fully saturated rings. The number of aliphatic hydroxyl groups is 1. The van der Waals surface area contributed by atoms with Gasteiger partial charge in [-0.15, -0.1) is 0 Å². The van der Waals surface area contributed by atoms with Gasteiger partial charge in [-0.25, -0.2) is 4.79 Å². The fraction of sp³-hybridized carbons (Fsp3) is 0.722. The molecule has 142 valence electrons. The summed E-state index contributed by atoms with van der Waals surface area (Å²) < 4.78 is 0. The number of nitrogens with one attached hydrogen (secondary N) is 1. The summed E-state index contributed by atoms with van der Waals surface area (Å²) in [7, 11) is 0. The highest BCUT2D eigenvalue weighted by atomic mass is 16.4. The molecule has 0 radical (unpaired) electrons. The van der Waals surface area contributed by atoms with Crippen molar-refractivity contribution in [3.8, 4) is 0 Å². The molecule has 1 rings (SSSR count). The van der Waals surface area contributed by atoms with Crippen LogP contribution in [-0.2, 0) is 9.59 Å². The minimum Gasteiger partial charge on any atom is -0.481 e. The van der Waals surface area contributed by atoms with E-state index < -0.39 is 24.0 Å². The van der Waals surface area contributed by atoms with Crippen LogP contribution in [0.4, 0.5) is 4.79 Å². The van der Waals surface area contributed by atoms with E-state index in [0.29, 0.717) is 37.9 Å². The third kappa shape index (κ3) is 8.16. The second-order valence-electron chi connectivity index (χ2n) is 6.44. The average molecular weight is 354 g/mol. The Balaban J connectivity index is 2.41. The number of rotatable bonds is 13. The fourth-order valence-corrected chi connectivity index (χ4v) is 2.78. The largest absolute Gasteiger partial charge is 0.481 e. The second-order valence-corrected chi connectivity index (χ2v) is 6.44. The molecule has 0 saturated carbocycles. The summed E-state index contributed by atoms with van der Waals surface area (Å²) in [6.07, 6.45) is 8.36. The van der Waals surface area contributed by atoms with Crippen LogP contribution in [0.15, 0.2) is 11.8 Å². The van der Waals surface area contributed by atoms with E-state index in [9.17, 15) is 19.5 Å². The summed E-state index contributed by atoms with van der Waals surface area (Å²) >= 11 is 0. The Hall–Kier alpha value is -1.89. The van der Waals surface area contributed by atoms with Crippen LogP contribution >= 0.6 is 0 Å².